The molecule has 0 aliphatic carbocycles. The van der Waals surface area contributed by atoms with Gasteiger partial charge in [-0.2, -0.15) is 13.2 Å². The number of ether oxygens (including phenoxy) is 1. The Morgan fingerprint density at radius 1 is 1.12 bits per heavy atom. The fraction of sp³-hybridized carbons (Fsp3) is 0.316. The second kappa shape index (κ2) is 8.16. The summed E-state index contributed by atoms with van der Waals surface area (Å²) >= 11 is 0. The molecule has 0 aromatic heterocycles. The zero-order valence-corrected chi connectivity index (χ0v) is 13.8. The Balaban J connectivity index is 2.13. The molecule has 0 fully saturated rings. The molecular formula is C19H20F3NO2. The molecule has 25 heavy (non-hydrogen) atoms. The number of hydrogen-bond acceptors (Lipinski definition) is 3. The molecule has 0 saturated carbocycles. The molecular weight excluding hydrogens is 331 g/mol. The fourth-order valence-corrected chi connectivity index (χ4v) is 2.54. The molecule has 0 aliphatic rings. The molecule has 6 heteroatoms. The zero-order chi connectivity index (χ0) is 18.4. The Morgan fingerprint density at radius 3 is 2.40 bits per heavy atom. The molecule has 2 aromatic rings. The number of hydrogen-bond donors (Lipinski definition) is 1. The molecule has 0 unspecified atom stereocenters. The van der Waals surface area contributed by atoms with E-state index in [2.05, 4.69) is 0 Å². The Morgan fingerprint density at radius 2 is 1.76 bits per heavy atom. The monoisotopic (exact) mass is 351 g/mol. The predicted octanol–water partition coefficient (Wildman–Crippen LogP) is 4.25. The van der Waals surface area contributed by atoms with Gasteiger partial charge in [-0.1, -0.05) is 42.5 Å². The standard InChI is InChI=1S/C19H20F3NO2/c1-2-25-18(24)12-17(23)15-7-3-5-13(10-15)9-14-6-4-8-16(11-14)19(20,21)22/h3-8,10-11,17H,2,9,12,23H2,1H3/t17-/m0/s1. The number of benzene rings is 2. The first kappa shape index (κ1) is 19.0. The SMILES string of the molecule is CCOC(=O)C[C@H](N)c1cccc(Cc2cccc(C(F)(F)F)c2)c1. The summed E-state index contributed by atoms with van der Waals surface area (Å²) in [5.74, 6) is -0.377. The van der Waals surface area contributed by atoms with Gasteiger partial charge in [0.2, 0.25) is 0 Å². The number of halogens is 3. The van der Waals surface area contributed by atoms with Crippen LogP contribution in [0.3, 0.4) is 0 Å². The summed E-state index contributed by atoms with van der Waals surface area (Å²) in [5.41, 5.74) is 7.49. The summed E-state index contributed by atoms with van der Waals surface area (Å²) in [5, 5.41) is 0. The van der Waals surface area contributed by atoms with Gasteiger partial charge in [0.25, 0.3) is 0 Å². The quantitative estimate of drug-likeness (QED) is 0.792. The maximum Gasteiger partial charge on any atom is 0.416 e. The van der Waals surface area contributed by atoms with Gasteiger partial charge in [-0.05, 0) is 36.1 Å². The summed E-state index contributed by atoms with van der Waals surface area (Å²) in [7, 11) is 0. The van der Waals surface area contributed by atoms with Gasteiger partial charge in [0.05, 0.1) is 18.6 Å². The molecule has 0 aliphatic heterocycles. The van der Waals surface area contributed by atoms with E-state index >= 15 is 0 Å². The van der Waals surface area contributed by atoms with Gasteiger partial charge in [0.15, 0.2) is 0 Å². The second-order valence-electron chi connectivity index (χ2n) is 5.74. The molecule has 2 aromatic carbocycles. The lowest BCUT2D eigenvalue weighted by Crippen LogP contribution is -2.17. The molecule has 134 valence electrons. The van der Waals surface area contributed by atoms with E-state index in [0.717, 1.165) is 23.3 Å². The van der Waals surface area contributed by atoms with E-state index in [1.54, 1.807) is 25.1 Å². The largest absolute Gasteiger partial charge is 0.466 e. The summed E-state index contributed by atoms with van der Waals surface area (Å²) in [4.78, 5) is 11.5. The van der Waals surface area contributed by atoms with Crippen LogP contribution in [-0.2, 0) is 22.1 Å². The Kier molecular flexibility index (Phi) is 6.20. The maximum absolute atomic E-state index is 12.8. The van der Waals surface area contributed by atoms with E-state index in [4.69, 9.17) is 10.5 Å². The Labute approximate surface area is 144 Å². The van der Waals surface area contributed by atoms with E-state index in [-0.39, 0.29) is 12.4 Å². The minimum absolute atomic E-state index is 0.0564. The fourth-order valence-electron chi connectivity index (χ4n) is 2.54. The van der Waals surface area contributed by atoms with Crippen LogP contribution in [0.1, 0.15) is 41.6 Å². The lowest BCUT2D eigenvalue weighted by molar-refractivity contribution is -0.143. The van der Waals surface area contributed by atoms with Crippen LogP contribution in [0, 0.1) is 0 Å². The molecule has 0 radical (unpaired) electrons. The molecule has 0 bridgehead atoms. The molecule has 0 saturated heterocycles. The molecule has 0 heterocycles. The number of nitrogens with two attached hydrogens (primary N) is 1. The van der Waals surface area contributed by atoms with Crippen molar-refractivity contribution < 1.29 is 22.7 Å². The van der Waals surface area contributed by atoms with E-state index in [1.165, 1.54) is 6.07 Å². The lowest BCUT2D eigenvalue weighted by Gasteiger charge is -2.13. The Bertz CT molecular complexity index is 729. The van der Waals surface area contributed by atoms with Crippen molar-refractivity contribution in [3.05, 3.63) is 70.8 Å². The van der Waals surface area contributed by atoms with Crippen molar-refractivity contribution in [1.29, 1.82) is 0 Å². The van der Waals surface area contributed by atoms with Crippen LogP contribution < -0.4 is 5.73 Å². The topological polar surface area (TPSA) is 52.3 Å². The summed E-state index contributed by atoms with van der Waals surface area (Å²) in [6, 6.07) is 11.9. The third kappa shape index (κ3) is 5.60. The van der Waals surface area contributed by atoms with Crippen LogP contribution >= 0.6 is 0 Å². The third-order valence-corrected chi connectivity index (χ3v) is 3.73. The van der Waals surface area contributed by atoms with E-state index in [0.29, 0.717) is 18.6 Å². The molecule has 2 N–H and O–H groups in total. The highest BCUT2D eigenvalue weighted by Gasteiger charge is 2.30. The zero-order valence-electron chi connectivity index (χ0n) is 13.8. The normalized spacial score (nSPS) is 12.7. The lowest BCUT2D eigenvalue weighted by atomic mass is 9.97. The first-order chi connectivity index (χ1) is 11.8. The van der Waals surface area contributed by atoms with Gasteiger partial charge in [0, 0.05) is 6.04 Å². The van der Waals surface area contributed by atoms with Crippen LogP contribution in [0.25, 0.3) is 0 Å². The van der Waals surface area contributed by atoms with Gasteiger partial charge in [-0.3, -0.25) is 4.79 Å². The maximum atomic E-state index is 12.8. The first-order valence-electron chi connectivity index (χ1n) is 7.95. The summed E-state index contributed by atoms with van der Waals surface area (Å²) in [6.07, 6.45) is -3.95. The molecule has 1 atom stereocenters. The van der Waals surface area contributed by atoms with Crippen molar-refractivity contribution in [3.63, 3.8) is 0 Å². The van der Waals surface area contributed by atoms with Crippen LogP contribution in [0.15, 0.2) is 48.5 Å². The minimum atomic E-state index is -4.36. The van der Waals surface area contributed by atoms with Crippen LogP contribution in [-0.4, -0.2) is 12.6 Å². The van der Waals surface area contributed by atoms with Gasteiger partial charge < -0.3 is 10.5 Å². The van der Waals surface area contributed by atoms with E-state index < -0.39 is 17.8 Å². The average Bonchev–Trinajstić information content (AvgIpc) is 2.55. The van der Waals surface area contributed by atoms with Gasteiger partial charge in [-0.25, -0.2) is 0 Å². The van der Waals surface area contributed by atoms with Crippen molar-refractivity contribution in [3.8, 4) is 0 Å². The van der Waals surface area contributed by atoms with Crippen molar-refractivity contribution >= 4 is 5.97 Å². The molecule has 0 spiro atoms. The number of esters is 1. The number of rotatable bonds is 6. The predicted molar refractivity (Wildman–Crippen MR) is 88.9 cm³/mol. The third-order valence-electron chi connectivity index (χ3n) is 3.73. The summed E-state index contributed by atoms with van der Waals surface area (Å²) in [6.45, 7) is 2.01. The van der Waals surface area contributed by atoms with Crippen molar-refractivity contribution in [1.82, 2.24) is 0 Å². The van der Waals surface area contributed by atoms with E-state index in [9.17, 15) is 18.0 Å². The van der Waals surface area contributed by atoms with Gasteiger partial charge in [-0.15, -0.1) is 0 Å². The van der Waals surface area contributed by atoms with E-state index in [1.807, 2.05) is 12.1 Å². The van der Waals surface area contributed by atoms with Crippen molar-refractivity contribution in [2.24, 2.45) is 5.73 Å². The van der Waals surface area contributed by atoms with Crippen LogP contribution in [0.4, 0.5) is 13.2 Å². The molecule has 0 amide bonds. The summed E-state index contributed by atoms with van der Waals surface area (Å²) < 4.78 is 43.3. The highest BCUT2D eigenvalue weighted by molar-refractivity contribution is 5.70. The average molecular weight is 351 g/mol. The minimum Gasteiger partial charge on any atom is -0.466 e. The molecule has 3 nitrogen and oxygen atoms in total. The first-order valence-corrected chi connectivity index (χ1v) is 7.95. The smallest absolute Gasteiger partial charge is 0.416 e. The number of carbonyl (C=O) groups is 1. The van der Waals surface area contributed by atoms with Gasteiger partial charge >= 0.3 is 12.1 Å². The number of alkyl halides is 3. The molecule has 2 rings (SSSR count). The van der Waals surface area contributed by atoms with Crippen LogP contribution in [0.2, 0.25) is 0 Å². The van der Waals surface area contributed by atoms with Crippen LogP contribution in [0.5, 0.6) is 0 Å². The highest BCUT2D eigenvalue weighted by atomic mass is 19.4. The Hall–Kier alpha value is -2.34. The second-order valence-corrected chi connectivity index (χ2v) is 5.74. The van der Waals surface area contributed by atoms with Crippen molar-refractivity contribution in [2.45, 2.75) is 32.0 Å². The highest BCUT2D eigenvalue weighted by Crippen LogP contribution is 2.30. The van der Waals surface area contributed by atoms with Crippen molar-refractivity contribution in [2.75, 3.05) is 6.61 Å². The number of carbonyl (C=O) groups excluding carboxylic acids is 1. The van der Waals surface area contributed by atoms with Gasteiger partial charge in [0.1, 0.15) is 0 Å².